The molecule has 4 aromatic heterocycles. The number of furan rings is 1. The lowest BCUT2D eigenvalue weighted by Gasteiger charge is -2.12. The zero-order valence-corrected chi connectivity index (χ0v) is 28.4. The zero-order chi connectivity index (χ0) is 34.6. The second-order valence-electron chi connectivity index (χ2n) is 13.8. The van der Waals surface area contributed by atoms with Crippen molar-refractivity contribution in [2.24, 2.45) is 0 Å². The van der Waals surface area contributed by atoms with Gasteiger partial charge in [0, 0.05) is 49.0 Å². The molecule has 53 heavy (non-hydrogen) atoms. The second kappa shape index (κ2) is 10.6. The Labute approximate surface area is 302 Å². The molecule has 12 aromatic rings. The third-order valence-corrected chi connectivity index (χ3v) is 10.9. The Morgan fingerprint density at radius 3 is 1.79 bits per heavy atom. The lowest BCUT2D eigenvalue weighted by Crippen LogP contribution is -2.03. The minimum Gasteiger partial charge on any atom is -0.455 e. The van der Waals surface area contributed by atoms with Crippen LogP contribution >= 0.6 is 0 Å². The van der Waals surface area contributed by atoms with Gasteiger partial charge in [-0.05, 0) is 71.4 Å². The van der Waals surface area contributed by atoms with Crippen LogP contribution in [0.15, 0.2) is 174 Å². The van der Waals surface area contributed by atoms with Crippen molar-refractivity contribution in [3.63, 3.8) is 0 Å². The van der Waals surface area contributed by atoms with Crippen LogP contribution in [0, 0.1) is 0 Å². The Morgan fingerprint density at radius 2 is 1.02 bits per heavy atom. The molecule has 0 fully saturated rings. The molecule has 0 bridgehead atoms. The van der Waals surface area contributed by atoms with E-state index in [9.17, 15) is 0 Å². The van der Waals surface area contributed by atoms with Crippen LogP contribution in [-0.2, 0) is 0 Å². The van der Waals surface area contributed by atoms with Crippen molar-refractivity contribution < 1.29 is 4.42 Å². The maximum absolute atomic E-state index is 6.52. The van der Waals surface area contributed by atoms with Gasteiger partial charge in [0.15, 0.2) is 0 Å². The van der Waals surface area contributed by atoms with Gasteiger partial charge in [-0.2, -0.15) is 0 Å². The molecule has 0 amide bonds. The van der Waals surface area contributed by atoms with Crippen LogP contribution in [0.2, 0.25) is 0 Å². The Kier molecular flexibility index (Phi) is 5.71. The van der Waals surface area contributed by atoms with Gasteiger partial charge in [0.25, 0.3) is 0 Å². The first-order valence-corrected chi connectivity index (χ1v) is 17.9. The number of nitrogens with zero attached hydrogens (tertiary/aromatic N) is 4. The summed E-state index contributed by atoms with van der Waals surface area (Å²) in [6.07, 6.45) is 0. The van der Waals surface area contributed by atoms with Gasteiger partial charge >= 0.3 is 0 Å². The summed E-state index contributed by atoms with van der Waals surface area (Å²) < 4.78 is 11.1. The molecule has 5 heteroatoms. The number of para-hydroxylation sites is 6. The van der Waals surface area contributed by atoms with E-state index in [-0.39, 0.29) is 0 Å². The van der Waals surface area contributed by atoms with Crippen LogP contribution in [0.3, 0.4) is 0 Å². The molecule has 0 N–H and O–H groups in total. The number of fused-ring (bicyclic) bond motifs is 11. The van der Waals surface area contributed by atoms with Gasteiger partial charge in [-0.15, -0.1) is 0 Å². The maximum atomic E-state index is 6.52. The Hall–Kier alpha value is -7.24. The van der Waals surface area contributed by atoms with E-state index in [1.807, 2.05) is 24.3 Å². The molecule has 5 nitrogen and oxygen atoms in total. The van der Waals surface area contributed by atoms with E-state index in [0.717, 1.165) is 77.0 Å². The highest BCUT2D eigenvalue weighted by atomic mass is 16.3. The van der Waals surface area contributed by atoms with Crippen molar-refractivity contribution >= 4 is 87.2 Å². The molecule has 8 aromatic carbocycles. The average molecular weight is 677 g/mol. The predicted octanol–water partition coefficient (Wildman–Crippen LogP) is 12.5. The van der Waals surface area contributed by atoms with Gasteiger partial charge in [0.1, 0.15) is 11.2 Å². The summed E-state index contributed by atoms with van der Waals surface area (Å²) >= 11 is 0. The fourth-order valence-corrected chi connectivity index (χ4v) is 8.56. The minimum absolute atomic E-state index is 0.624. The van der Waals surface area contributed by atoms with E-state index in [1.165, 1.54) is 27.2 Å². The third kappa shape index (κ3) is 4.02. The van der Waals surface area contributed by atoms with Crippen LogP contribution in [0.25, 0.3) is 110 Å². The normalized spacial score (nSPS) is 12.2. The predicted molar refractivity (Wildman–Crippen MR) is 218 cm³/mol. The fourth-order valence-electron chi connectivity index (χ4n) is 8.56. The molecular weight excluding hydrogens is 649 g/mol. The summed E-state index contributed by atoms with van der Waals surface area (Å²) in [6.45, 7) is 0. The van der Waals surface area contributed by atoms with Crippen LogP contribution < -0.4 is 0 Å². The first-order valence-electron chi connectivity index (χ1n) is 17.9. The summed E-state index contributed by atoms with van der Waals surface area (Å²) in [5.41, 5.74) is 10.0. The highest BCUT2D eigenvalue weighted by Gasteiger charge is 2.21. The number of hydrogen-bond donors (Lipinski definition) is 0. The molecule has 12 rings (SSSR count). The smallest absolute Gasteiger partial charge is 0.235 e. The number of hydrogen-bond acceptors (Lipinski definition) is 3. The Bertz CT molecular complexity index is 3420. The third-order valence-electron chi connectivity index (χ3n) is 10.9. The highest BCUT2D eigenvalue weighted by molar-refractivity contribution is 6.15. The molecule has 0 atom stereocenters. The van der Waals surface area contributed by atoms with Gasteiger partial charge < -0.3 is 8.98 Å². The molecule has 0 saturated carbocycles. The van der Waals surface area contributed by atoms with E-state index < -0.39 is 0 Å². The minimum atomic E-state index is 0.624. The van der Waals surface area contributed by atoms with Crippen molar-refractivity contribution in [2.45, 2.75) is 0 Å². The van der Waals surface area contributed by atoms with E-state index in [4.69, 9.17) is 14.4 Å². The molecule has 0 aliphatic rings. The van der Waals surface area contributed by atoms with Gasteiger partial charge in [-0.3, -0.25) is 4.57 Å². The van der Waals surface area contributed by atoms with Gasteiger partial charge in [0.2, 0.25) is 5.95 Å². The van der Waals surface area contributed by atoms with Crippen molar-refractivity contribution in [3.8, 4) is 22.9 Å². The molecule has 0 saturated heterocycles. The van der Waals surface area contributed by atoms with Gasteiger partial charge in [-0.1, -0.05) is 109 Å². The van der Waals surface area contributed by atoms with Crippen LogP contribution in [0.1, 0.15) is 0 Å². The molecule has 0 aliphatic carbocycles. The Morgan fingerprint density at radius 1 is 0.396 bits per heavy atom. The summed E-state index contributed by atoms with van der Waals surface area (Å²) in [7, 11) is 0. The lowest BCUT2D eigenvalue weighted by molar-refractivity contribution is 0.670. The zero-order valence-electron chi connectivity index (χ0n) is 28.4. The SMILES string of the molecule is c1ccc2c(-c3cccc4c3oc3ccccc34)nc(-n3c4ccccc4c4cc5cc(-n6c7ccccc7c7ccccc76)ccc5cc43)nc2c1. The summed E-state index contributed by atoms with van der Waals surface area (Å²) in [5, 5.41) is 10.3. The summed E-state index contributed by atoms with van der Waals surface area (Å²) in [5.74, 6) is 0.624. The number of benzene rings is 8. The van der Waals surface area contributed by atoms with E-state index >= 15 is 0 Å². The standard InChI is InChI=1S/C48H28N4O/c1-6-19-40-37(16-1)46(38-18-11-17-36-35-15-5-10-23-45(35)53-47(36)38)50-48(49-40)52-43-22-9-4-14-34(43)39-27-30-26-31(25-24-29(30)28-44(39)52)51-41-20-7-2-12-32(41)33-13-3-8-21-42(33)51/h1-28H. The summed E-state index contributed by atoms with van der Waals surface area (Å²) in [4.78, 5) is 10.6. The van der Waals surface area contributed by atoms with E-state index in [0.29, 0.717) is 5.95 Å². The van der Waals surface area contributed by atoms with Crippen molar-refractivity contribution in [1.82, 2.24) is 19.1 Å². The van der Waals surface area contributed by atoms with Crippen LogP contribution in [0.5, 0.6) is 0 Å². The fraction of sp³-hybridized carbons (Fsp3) is 0. The molecule has 246 valence electrons. The topological polar surface area (TPSA) is 48.8 Å². The Balaban J connectivity index is 1.11. The van der Waals surface area contributed by atoms with E-state index in [1.54, 1.807) is 0 Å². The van der Waals surface area contributed by atoms with Crippen molar-refractivity contribution in [2.75, 3.05) is 0 Å². The van der Waals surface area contributed by atoms with Crippen LogP contribution in [-0.4, -0.2) is 19.1 Å². The maximum Gasteiger partial charge on any atom is 0.235 e. The quantitative estimate of drug-likeness (QED) is 0.187. The summed E-state index contributed by atoms with van der Waals surface area (Å²) in [6, 6.07) is 60.1. The highest BCUT2D eigenvalue weighted by Crippen LogP contribution is 2.40. The second-order valence-corrected chi connectivity index (χ2v) is 13.8. The first-order chi connectivity index (χ1) is 26.3. The molecular formula is C48H28N4O. The number of rotatable bonds is 3. The first kappa shape index (κ1) is 28.5. The monoisotopic (exact) mass is 676 g/mol. The molecule has 0 radical (unpaired) electrons. The van der Waals surface area contributed by atoms with Crippen molar-refractivity contribution in [1.29, 1.82) is 0 Å². The number of aromatic nitrogens is 4. The molecule has 4 heterocycles. The average Bonchev–Trinajstić information content (AvgIpc) is 3.87. The lowest BCUT2D eigenvalue weighted by atomic mass is 10.0. The van der Waals surface area contributed by atoms with Gasteiger partial charge in [-0.25, -0.2) is 9.97 Å². The van der Waals surface area contributed by atoms with Crippen molar-refractivity contribution in [3.05, 3.63) is 170 Å². The van der Waals surface area contributed by atoms with E-state index in [2.05, 4.69) is 155 Å². The van der Waals surface area contributed by atoms with Crippen LogP contribution in [0.4, 0.5) is 0 Å². The largest absolute Gasteiger partial charge is 0.455 e. The molecule has 0 spiro atoms. The molecule has 0 unspecified atom stereocenters. The molecule has 0 aliphatic heterocycles. The van der Waals surface area contributed by atoms with Gasteiger partial charge in [0.05, 0.1) is 33.3 Å².